The molecule has 1 amide bonds. The molecule has 4 rings (SSSR count). The van der Waals surface area contributed by atoms with Crippen molar-refractivity contribution >= 4 is 28.2 Å². The van der Waals surface area contributed by atoms with E-state index in [4.69, 9.17) is 19.7 Å². The molecule has 0 saturated carbocycles. The smallest absolute Gasteiger partial charge is 0.270 e. The average Bonchev–Trinajstić information content (AvgIpc) is 3.27. The van der Waals surface area contributed by atoms with Crippen molar-refractivity contribution in [1.82, 2.24) is 25.2 Å². The van der Waals surface area contributed by atoms with Crippen LogP contribution in [0.1, 0.15) is 40.8 Å². The fourth-order valence-electron chi connectivity index (χ4n) is 3.84. The van der Waals surface area contributed by atoms with Crippen LogP contribution in [-0.4, -0.2) is 77.9 Å². The third-order valence-electron chi connectivity index (χ3n) is 5.38. The van der Waals surface area contributed by atoms with Crippen molar-refractivity contribution in [3.63, 3.8) is 0 Å². The molecule has 0 aliphatic carbocycles. The number of hydrogen-bond acceptors (Lipinski definition) is 10. The van der Waals surface area contributed by atoms with Gasteiger partial charge in [0.1, 0.15) is 17.3 Å². The molecule has 2 aliphatic rings. The number of rotatable bonds is 7. The quantitative estimate of drug-likeness (QED) is 0.599. The van der Waals surface area contributed by atoms with Gasteiger partial charge in [0, 0.05) is 36.1 Å². The van der Waals surface area contributed by atoms with Gasteiger partial charge < -0.3 is 20.1 Å². The molecule has 32 heavy (non-hydrogen) atoms. The van der Waals surface area contributed by atoms with Crippen LogP contribution >= 0.6 is 11.3 Å². The Labute approximate surface area is 191 Å². The van der Waals surface area contributed by atoms with Gasteiger partial charge in [-0.1, -0.05) is 0 Å². The zero-order valence-electron chi connectivity index (χ0n) is 18.0. The molecular weight excluding hydrogens is 430 g/mol. The molecular formula is C21H27N7O3S. The number of thiazole rings is 1. The molecule has 11 heteroatoms. The van der Waals surface area contributed by atoms with Crippen molar-refractivity contribution in [2.24, 2.45) is 0 Å². The van der Waals surface area contributed by atoms with Crippen LogP contribution in [0.4, 0.5) is 10.9 Å². The Bertz CT molecular complexity index is 971. The van der Waals surface area contributed by atoms with Crippen LogP contribution in [-0.2, 0) is 9.47 Å². The van der Waals surface area contributed by atoms with Crippen LogP contribution in [0, 0.1) is 18.3 Å². The van der Waals surface area contributed by atoms with Crippen molar-refractivity contribution in [2.75, 3.05) is 51.3 Å². The van der Waals surface area contributed by atoms with Crippen molar-refractivity contribution in [3.8, 4) is 6.07 Å². The number of anilines is 2. The second-order valence-electron chi connectivity index (χ2n) is 7.93. The normalized spacial score (nSPS) is 21.6. The predicted octanol–water partition coefficient (Wildman–Crippen LogP) is 1.83. The zero-order chi connectivity index (χ0) is 22.3. The molecule has 2 saturated heterocycles. The highest BCUT2D eigenvalue weighted by atomic mass is 32.1. The molecule has 0 radical (unpaired) electrons. The lowest BCUT2D eigenvalue weighted by Gasteiger charge is -2.30. The van der Waals surface area contributed by atoms with E-state index in [0.29, 0.717) is 49.6 Å². The minimum atomic E-state index is -0.247. The van der Waals surface area contributed by atoms with Crippen LogP contribution in [0.2, 0.25) is 0 Å². The standard InChI is InChI=1S/C21H27N7O3S/c1-14-9-18(26-19(24-14)15-3-2-5-28(11-15)6-4-22)27-21-25-17(13-32-21)20(29)23-10-16-12-30-7-8-31-16/h9,13,15-16H,2-3,5-8,10-12H2,1H3,(H,23,29)(H,24,25,26,27)/t15-,16-/m1/s1. The lowest BCUT2D eigenvalue weighted by Crippen LogP contribution is -2.39. The van der Waals surface area contributed by atoms with Gasteiger partial charge in [0.05, 0.1) is 38.5 Å². The van der Waals surface area contributed by atoms with Gasteiger partial charge in [-0.15, -0.1) is 11.3 Å². The van der Waals surface area contributed by atoms with Crippen LogP contribution < -0.4 is 10.6 Å². The molecule has 2 aliphatic heterocycles. The second kappa shape index (κ2) is 10.8. The molecule has 2 aromatic rings. The number of ether oxygens (including phenoxy) is 2. The summed E-state index contributed by atoms with van der Waals surface area (Å²) in [4.78, 5) is 28.3. The first-order valence-corrected chi connectivity index (χ1v) is 11.6. The number of carbonyl (C=O) groups excluding carboxylic acids is 1. The van der Waals surface area contributed by atoms with E-state index in [1.807, 2.05) is 13.0 Å². The van der Waals surface area contributed by atoms with E-state index in [9.17, 15) is 4.79 Å². The van der Waals surface area contributed by atoms with Crippen LogP contribution in [0.25, 0.3) is 0 Å². The minimum absolute atomic E-state index is 0.129. The second-order valence-corrected chi connectivity index (χ2v) is 8.78. The SMILES string of the molecule is Cc1cc(Nc2nc(C(=O)NC[C@@H]3COCCO3)cs2)nc([C@@H]2CCCN(CC#N)C2)n1. The van der Waals surface area contributed by atoms with E-state index in [-0.39, 0.29) is 17.9 Å². The number of nitrogens with one attached hydrogen (secondary N) is 2. The maximum Gasteiger partial charge on any atom is 0.270 e. The first kappa shape index (κ1) is 22.5. The lowest BCUT2D eigenvalue weighted by molar-refractivity contribution is -0.0855. The fraction of sp³-hybridized carbons (Fsp3) is 0.571. The minimum Gasteiger partial charge on any atom is -0.376 e. The van der Waals surface area contributed by atoms with Gasteiger partial charge in [0.25, 0.3) is 5.91 Å². The van der Waals surface area contributed by atoms with Gasteiger partial charge in [-0.05, 0) is 26.3 Å². The van der Waals surface area contributed by atoms with Gasteiger partial charge in [-0.25, -0.2) is 15.0 Å². The number of aryl methyl sites for hydroxylation is 1. The highest BCUT2D eigenvalue weighted by molar-refractivity contribution is 7.14. The molecule has 0 unspecified atom stereocenters. The van der Waals surface area contributed by atoms with Gasteiger partial charge in [-0.3, -0.25) is 9.69 Å². The number of carbonyl (C=O) groups is 1. The average molecular weight is 458 g/mol. The Balaban J connectivity index is 1.37. The Hall–Kier alpha value is -2.65. The molecule has 0 aromatic carbocycles. The van der Waals surface area contributed by atoms with Crippen LogP contribution in [0.5, 0.6) is 0 Å². The molecule has 4 heterocycles. The highest BCUT2D eigenvalue weighted by Gasteiger charge is 2.24. The van der Waals surface area contributed by atoms with Crippen LogP contribution in [0.15, 0.2) is 11.4 Å². The van der Waals surface area contributed by atoms with Gasteiger partial charge >= 0.3 is 0 Å². The largest absolute Gasteiger partial charge is 0.376 e. The molecule has 0 spiro atoms. The van der Waals surface area contributed by atoms with Crippen molar-refractivity contribution in [1.29, 1.82) is 5.26 Å². The summed E-state index contributed by atoms with van der Waals surface area (Å²) in [7, 11) is 0. The first-order valence-electron chi connectivity index (χ1n) is 10.8. The third-order valence-corrected chi connectivity index (χ3v) is 6.14. The molecule has 170 valence electrons. The summed E-state index contributed by atoms with van der Waals surface area (Å²) in [6, 6.07) is 4.09. The molecule has 2 fully saturated rings. The first-order chi connectivity index (χ1) is 15.6. The Morgan fingerprint density at radius 3 is 3.09 bits per heavy atom. The molecule has 2 aromatic heterocycles. The van der Waals surface area contributed by atoms with Gasteiger partial charge in [0.15, 0.2) is 5.13 Å². The summed E-state index contributed by atoms with van der Waals surface area (Å²) in [5.74, 6) is 1.38. The lowest BCUT2D eigenvalue weighted by atomic mass is 9.97. The fourth-order valence-corrected chi connectivity index (χ4v) is 4.54. The number of hydrogen-bond donors (Lipinski definition) is 2. The van der Waals surface area contributed by atoms with Crippen molar-refractivity contribution in [2.45, 2.75) is 31.8 Å². The van der Waals surface area contributed by atoms with Gasteiger partial charge in [-0.2, -0.15) is 5.26 Å². The monoisotopic (exact) mass is 457 g/mol. The number of likely N-dealkylation sites (tertiary alicyclic amines) is 1. The summed E-state index contributed by atoms with van der Waals surface area (Å²) < 4.78 is 10.9. The molecule has 10 nitrogen and oxygen atoms in total. The summed E-state index contributed by atoms with van der Waals surface area (Å²) in [5.41, 5.74) is 1.21. The number of amides is 1. The summed E-state index contributed by atoms with van der Waals surface area (Å²) in [6.45, 7) is 6.09. The summed E-state index contributed by atoms with van der Waals surface area (Å²) in [5, 5.41) is 17.3. The van der Waals surface area contributed by atoms with Crippen molar-refractivity contribution in [3.05, 3.63) is 28.7 Å². The maximum atomic E-state index is 12.4. The Morgan fingerprint density at radius 2 is 2.28 bits per heavy atom. The van der Waals surface area contributed by atoms with E-state index in [1.165, 1.54) is 11.3 Å². The summed E-state index contributed by atoms with van der Waals surface area (Å²) in [6.07, 6.45) is 1.90. The van der Waals surface area contributed by atoms with Crippen LogP contribution in [0.3, 0.4) is 0 Å². The molecule has 0 bridgehead atoms. The number of nitrogens with zero attached hydrogens (tertiary/aromatic N) is 5. The Morgan fingerprint density at radius 1 is 1.38 bits per heavy atom. The van der Waals surface area contributed by atoms with E-state index in [1.54, 1.807) is 5.38 Å². The van der Waals surface area contributed by atoms with Crippen molar-refractivity contribution < 1.29 is 14.3 Å². The molecule has 2 N–H and O–H groups in total. The number of nitriles is 1. The number of piperidine rings is 1. The summed E-state index contributed by atoms with van der Waals surface area (Å²) >= 11 is 1.34. The van der Waals surface area contributed by atoms with E-state index in [0.717, 1.165) is 37.4 Å². The van der Waals surface area contributed by atoms with E-state index < -0.39 is 0 Å². The maximum absolute atomic E-state index is 12.4. The third kappa shape index (κ3) is 5.98. The topological polar surface area (TPSA) is 125 Å². The van der Waals surface area contributed by atoms with E-state index in [2.05, 4.69) is 31.6 Å². The predicted molar refractivity (Wildman–Crippen MR) is 119 cm³/mol. The number of aromatic nitrogens is 3. The zero-order valence-corrected chi connectivity index (χ0v) is 18.9. The Kier molecular flexibility index (Phi) is 7.59. The highest BCUT2D eigenvalue weighted by Crippen LogP contribution is 2.27. The van der Waals surface area contributed by atoms with Gasteiger partial charge in [0.2, 0.25) is 0 Å². The van der Waals surface area contributed by atoms with E-state index >= 15 is 0 Å². The molecule has 2 atom stereocenters.